The summed E-state index contributed by atoms with van der Waals surface area (Å²) in [5, 5.41) is 27.3. The molecule has 0 bridgehead atoms. The maximum absolute atomic E-state index is 9.14. The number of aliphatic hydroxyl groups excluding tert-OH is 3. The Balaban J connectivity index is 2.63. The van der Waals surface area contributed by atoms with Crippen molar-refractivity contribution in [2.45, 2.75) is 37.6 Å². The van der Waals surface area contributed by atoms with Crippen molar-refractivity contribution in [1.82, 2.24) is 0 Å². The molecule has 11 heavy (non-hydrogen) atoms. The Kier molecular flexibility index (Phi) is 2.46. The third kappa shape index (κ3) is 1.52. The van der Waals surface area contributed by atoms with Crippen LogP contribution in [0.2, 0.25) is 0 Å². The van der Waals surface area contributed by atoms with Gasteiger partial charge in [-0.05, 0) is 6.92 Å². The minimum atomic E-state index is -1.21. The van der Waals surface area contributed by atoms with E-state index in [2.05, 4.69) is 0 Å². The summed E-state index contributed by atoms with van der Waals surface area (Å²) in [4.78, 5) is 0. The zero-order valence-corrected chi connectivity index (χ0v) is 6.21. The molecule has 0 aromatic carbocycles. The first-order valence-electron chi connectivity index (χ1n) is 3.49. The fourth-order valence-electron chi connectivity index (χ4n) is 1.08. The molecule has 0 aromatic rings. The lowest BCUT2D eigenvalue weighted by molar-refractivity contribution is -0.215. The average Bonchev–Trinajstić information content (AvgIpc) is 1.97. The normalized spacial score (nSPS) is 52.6. The second-order valence-electron chi connectivity index (χ2n) is 2.78. The molecule has 1 heterocycles. The predicted molar refractivity (Wildman–Crippen MR) is 36.5 cm³/mol. The van der Waals surface area contributed by atoms with Crippen molar-refractivity contribution in [2.24, 2.45) is 5.73 Å². The monoisotopic (exact) mass is 163 g/mol. The van der Waals surface area contributed by atoms with E-state index in [0.717, 1.165) is 0 Å². The number of rotatable bonds is 0. The summed E-state index contributed by atoms with van der Waals surface area (Å²) in [5.74, 6) is 0. The number of hydrogen-bond acceptors (Lipinski definition) is 5. The van der Waals surface area contributed by atoms with Gasteiger partial charge in [-0.2, -0.15) is 0 Å². The van der Waals surface area contributed by atoms with Crippen molar-refractivity contribution in [3.05, 3.63) is 0 Å². The molecule has 5 heteroatoms. The summed E-state index contributed by atoms with van der Waals surface area (Å²) < 4.78 is 4.90. The molecule has 0 unspecified atom stereocenters. The summed E-state index contributed by atoms with van der Waals surface area (Å²) >= 11 is 0. The van der Waals surface area contributed by atoms with Crippen molar-refractivity contribution in [1.29, 1.82) is 0 Å². The summed E-state index contributed by atoms with van der Waals surface area (Å²) in [6.07, 6.45) is -4.94. The molecule has 0 spiro atoms. The highest BCUT2D eigenvalue weighted by molar-refractivity contribution is 4.87. The van der Waals surface area contributed by atoms with Gasteiger partial charge in [0.15, 0.2) is 0 Å². The third-order valence-electron chi connectivity index (χ3n) is 1.89. The Morgan fingerprint density at radius 1 is 1.09 bits per heavy atom. The van der Waals surface area contributed by atoms with Crippen LogP contribution in [-0.2, 0) is 4.74 Å². The van der Waals surface area contributed by atoms with Crippen LogP contribution in [0.4, 0.5) is 0 Å². The van der Waals surface area contributed by atoms with Crippen LogP contribution in [0.1, 0.15) is 6.92 Å². The molecule has 0 aliphatic carbocycles. The molecule has 0 saturated carbocycles. The molecule has 1 aliphatic rings. The zero-order valence-electron chi connectivity index (χ0n) is 6.21. The van der Waals surface area contributed by atoms with E-state index in [9.17, 15) is 0 Å². The molecule has 1 aliphatic heterocycles. The Morgan fingerprint density at radius 3 is 2.18 bits per heavy atom. The maximum atomic E-state index is 9.14. The lowest BCUT2D eigenvalue weighted by Crippen LogP contribution is -2.59. The number of nitrogens with two attached hydrogens (primary N) is 1. The molecule has 1 rings (SSSR count). The lowest BCUT2D eigenvalue weighted by atomic mass is 9.99. The van der Waals surface area contributed by atoms with Crippen LogP contribution in [0.5, 0.6) is 0 Å². The molecule has 5 atom stereocenters. The van der Waals surface area contributed by atoms with Crippen LogP contribution in [0.25, 0.3) is 0 Å². The standard InChI is InChI=1S/C6H13NO4/c1-2-3(8)4(9)5(10)6(7)11-2/h2-6,8-10H,7H2,1H3/t2-,3-,4-,5+,6-/m0/s1. The summed E-state index contributed by atoms with van der Waals surface area (Å²) in [6, 6.07) is 0. The van der Waals surface area contributed by atoms with Crippen molar-refractivity contribution in [2.75, 3.05) is 0 Å². The highest BCUT2D eigenvalue weighted by Crippen LogP contribution is 2.17. The lowest BCUT2D eigenvalue weighted by Gasteiger charge is -2.37. The first-order chi connectivity index (χ1) is 5.04. The first-order valence-corrected chi connectivity index (χ1v) is 3.49. The van der Waals surface area contributed by atoms with E-state index in [4.69, 9.17) is 25.8 Å². The van der Waals surface area contributed by atoms with Gasteiger partial charge in [0.05, 0.1) is 6.10 Å². The van der Waals surface area contributed by atoms with Gasteiger partial charge < -0.3 is 25.8 Å². The Morgan fingerprint density at radius 2 is 1.64 bits per heavy atom. The molecule has 0 amide bonds. The van der Waals surface area contributed by atoms with Gasteiger partial charge in [0.25, 0.3) is 0 Å². The minimum Gasteiger partial charge on any atom is -0.388 e. The molecule has 1 fully saturated rings. The van der Waals surface area contributed by atoms with Gasteiger partial charge in [-0.1, -0.05) is 0 Å². The topological polar surface area (TPSA) is 95.9 Å². The van der Waals surface area contributed by atoms with Gasteiger partial charge in [0, 0.05) is 0 Å². The van der Waals surface area contributed by atoms with E-state index < -0.39 is 30.6 Å². The first kappa shape index (κ1) is 8.89. The SMILES string of the molecule is C[C@@H]1O[C@H](N)[C@H](O)[C@@H](O)[C@H]1O. The molecule has 0 aromatic heterocycles. The fourth-order valence-corrected chi connectivity index (χ4v) is 1.08. The van der Waals surface area contributed by atoms with E-state index >= 15 is 0 Å². The van der Waals surface area contributed by atoms with Crippen molar-refractivity contribution in [3.63, 3.8) is 0 Å². The van der Waals surface area contributed by atoms with Crippen LogP contribution in [0.3, 0.4) is 0 Å². The summed E-state index contributed by atoms with van der Waals surface area (Å²) in [6.45, 7) is 1.58. The number of ether oxygens (including phenoxy) is 1. The molecule has 66 valence electrons. The van der Waals surface area contributed by atoms with Gasteiger partial charge in [-0.15, -0.1) is 0 Å². The van der Waals surface area contributed by atoms with Crippen molar-refractivity contribution in [3.8, 4) is 0 Å². The molecule has 1 saturated heterocycles. The second kappa shape index (κ2) is 3.04. The Labute approximate surface area is 64.4 Å². The predicted octanol–water partition coefficient (Wildman–Crippen LogP) is -2.23. The average molecular weight is 163 g/mol. The second-order valence-corrected chi connectivity index (χ2v) is 2.78. The summed E-state index contributed by atoms with van der Waals surface area (Å²) in [5.41, 5.74) is 5.28. The smallest absolute Gasteiger partial charge is 0.135 e. The maximum Gasteiger partial charge on any atom is 0.135 e. The zero-order chi connectivity index (χ0) is 8.59. The van der Waals surface area contributed by atoms with Gasteiger partial charge >= 0.3 is 0 Å². The van der Waals surface area contributed by atoms with E-state index in [1.807, 2.05) is 0 Å². The largest absolute Gasteiger partial charge is 0.388 e. The van der Waals surface area contributed by atoms with E-state index in [-0.39, 0.29) is 0 Å². The minimum absolute atomic E-state index is 0.539. The highest BCUT2D eigenvalue weighted by Gasteiger charge is 2.39. The van der Waals surface area contributed by atoms with Crippen molar-refractivity contribution >= 4 is 0 Å². The van der Waals surface area contributed by atoms with E-state index in [0.29, 0.717) is 0 Å². The number of hydrogen-bond donors (Lipinski definition) is 4. The molecule has 0 radical (unpaired) electrons. The van der Waals surface area contributed by atoms with E-state index in [1.165, 1.54) is 0 Å². The van der Waals surface area contributed by atoms with Crippen LogP contribution in [0, 0.1) is 0 Å². The quantitative estimate of drug-likeness (QED) is 0.324. The van der Waals surface area contributed by atoms with E-state index in [1.54, 1.807) is 6.92 Å². The molecule has 5 N–H and O–H groups in total. The molecular formula is C6H13NO4. The van der Waals surface area contributed by atoms with Crippen LogP contribution in [-0.4, -0.2) is 46.0 Å². The van der Waals surface area contributed by atoms with Crippen LogP contribution >= 0.6 is 0 Å². The van der Waals surface area contributed by atoms with Crippen LogP contribution < -0.4 is 5.73 Å². The third-order valence-corrected chi connectivity index (χ3v) is 1.89. The number of aliphatic hydroxyl groups is 3. The Bertz CT molecular complexity index is 129. The summed E-state index contributed by atoms with van der Waals surface area (Å²) in [7, 11) is 0. The van der Waals surface area contributed by atoms with Gasteiger partial charge in [-0.25, -0.2) is 0 Å². The van der Waals surface area contributed by atoms with Crippen molar-refractivity contribution < 1.29 is 20.1 Å². The fraction of sp³-hybridized carbons (Fsp3) is 1.00. The highest BCUT2D eigenvalue weighted by atomic mass is 16.5. The van der Waals surface area contributed by atoms with Gasteiger partial charge in [0.2, 0.25) is 0 Å². The van der Waals surface area contributed by atoms with Gasteiger partial charge in [0.1, 0.15) is 24.5 Å². The Hall–Kier alpha value is -0.200. The molecular weight excluding hydrogens is 150 g/mol. The van der Waals surface area contributed by atoms with Gasteiger partial charge in [-0.3, -0.25) is 0 Å². The molecule has 5 nitrogen and oxygen atoms in total. The van der Waals surface area contributed by atoms with Crippen LogP contribution in [0.15, 0.2) is 0 Å².